The molecule has 2 heterocycles. The van der Waals surface area contributed by atoms with Crippen molar-refractivity contribution in [2.24, 2.45) is 0 Å². The average Bonchev–Trinajstić information content (AvgIpc) is 3.16. The number of nitrogens with zero attached hydrogens (tertiary/aromatic N) is 2. The molecule has 0 amide bonds. The first-order chi connectivity index (χ1) is 14.2. The minimum atomic E-state index is -4.43. The van der Waals surface area contributed by atoms with Gasteiger partial charge in [0.15, 0.2) is 5.11 Å². The van der Waals surface area contributed by atoms with Gasteiger partial charge in [-0.3, -0.25) is 0 Å². The molecule has 0 aliphatic carbocycles. The molecule has 1 N–H and O–H groups in total. The van der Waals surface area contributed by atoms with Crippen molar-refractivity contribution >= 4 is 46.2 Å². The molecule has 3 aromatic rings. The van der Waals surface area contributed by atoms with E-state index in [0.29, 0.717) is 28.2 Å². The summed E-state index contributed by atoms with van der Waals surface area (Å²) in [7, 11) is 0. The summed E-state index contributed by atoms with van der Waals surface area (Å²) in [4.78, 5) is 1.93. The number of thiocarbonyl (C=S) groups is 1. The molecule has 156 valence electrons. The number of anilines is 1. The number of nitrogens with one attached hydrogen (secondary N) is 1. The fourth-order valence-corrected chi connectivity index (χ4v) is 4.45. The molecule has 4 rings (SSSR count). The maximum atomic E-state index is 13.1. The van der Waals surface area contributed by atoms with E-state index in [1.165, 1.54) is 6.07 Å². The largest absolute Gasteiger partial charge is 0.416 e. The number of hydrogen-bond acceptors (Lipinski definition) is 1. The molecule has 2 aromatic carbocycles. The average molecular weight is 470 g/mol. The van der Waals surface area contributed by atoms with Crippen molar-refractivity contribution in [1.29, 1.82) is 0 Å². The Morgan fingerprint density at radius 3 is 2.57 bits per heavy atom. The van der Waals surface area contributed by atoms with Crippen molar-refractivity contribution in [3.05, 3.63) is 87.7 Å². The summed E-state index contributed by atoms with van der Waals surface area (Å²) >= 11 is 18.1. The molecule has 0 fully saturated rings. The van der Waals surface area contributed by atoms with Crippen LogP contribution in [0.5, 0.6) is 0 Å². The molecule has 1 aliphatic rings. The molecule has 9 heteroatoms. The summed E-state index contributed by atoms with van der Waals surface area (Å²) in [5.74, 6) is 0. The summed E-state index contributed by atoms with van der Waals surface area (Å²) in [6.07, 6.45) is -2.45. The van der Waals surface area contributed by atoms with Crippen molar-refractivity contribution < 1.29 is 13.2 Å². The zero-order chi connectivity index (χ0) is 21.5. The lowest BCUT2D eigenvalue weighted by molar-refractivity contribution is -0.137. The first kappa shape index (κ1) is 21.0. The second-order valence-electron chi connectivity index (χ2n) is 6.90. The van der Waals surface area contributed by atoms with Gasteiger partial charge in [0, 0.05) is 40.7 Å². The van der Waals surface area contributed by atoms with Crippen LogP contribution in [0.1, 0.15) is 22.9 Å². The summed E-state index contributed by atoms with van der Waals surface area (Å²) in [6, 6.07) is 13.9. The van der Waals surface area contributed by atoms with Crippen LogP contribution in [0.3, 0.4) is 0 Å². The lowest BCUT2D eigenvalue weighted by Crippen LogP contribution is -2.44. The molecule has 0 radical (unpaired) electrons. The summed E-state index contributed by atoms with van der Waals surface area (Å²) in [6.45, 7) is 1.25. The predicted octanol–water partition coefficient (Wildman–Crippen LogP) is 6.62. The van der Waals surface area contributed by atoms with Gasteiger partial charge in [0.1, 0.15) is 0 Å². The maximum absolute atomic E-state index is 13.1. The molecular formula is C21H16Cl2F3N3S. The van der Waals surface area contributed by atoms with E-state index in [1.54, 1.807) is 18.2 Å². The van der Waals surface area contributed by atoms with E-state index in [-0.39, 0.29) is 11.7 Å². The first-order valence-electron chi connectivity index (χ1n) is 9.09. The van der Waals surface area contributed by atoms with Gasteiger partial charge in [-0.05, 0) is 60.2 Å². The predicted molar refractivity (Wildman–Crippen MR) is 117 cm³/mol. The van der Waals surface area contributed by atoms with E-state index in [1.807, 2.05) is 29.3 Å². The monoisotopic (exact) mass is 469 g/mol. The van der Waals surface area contributed by atoms with E-state index in [0.717, 1.165) is 23.4 Å². The Morgan fingerprint density at radius 1 is 1.03 bits per heavy atom. The quantitative estimate of drug-likeness (QED) is 0.426. The van der Waals surface area contributed by atoms with Gasteiger partial charge in [0.2, 0.25) is 0 Å². The van der Waals surface area contributed by atoms with Crippen molar-refractivity contribution in [2.75, 3.05) is 11.9 Å². The number of halogens is 5. The van der Waals surface area contributed by atoms with Crippen LogP contribution in [0, 0.1) is 0 Å². The van der Waals surface area contributed by atoms with Gasteiger partial charge in [0.25, 0.3) is 0 Å². The normalized spacial score (nSPS) is 16.3. The van der Waals surface area contributed by atoms with E-state index in [4.69, 9.17) is 35.4 Å². The Labute approximate surface area is 187 Å². The molecule has 1 aliphatic heterocycles. The SMILES string of the molecule is FC(F)(F)c1cccc(NC(=S)N2CCn3cccc3[C@H]2c2ccc(Cl)cc2Cl)c1. The third-order valence-corrected chi connectivity index (χ3v) is 5.90. The number of alkyl halides is 3. The van der Waals surface area contributed by atoms with E-state index < -0.39 is 11.7 Å². The van der Waals surface area contributed by atoms with Gasteiger partial charge in [-0.25, -0.2) is 0 Å². The standard InChI is InChI=1S/C21H16Cl2F3N3S/c22-14-6-7-16(17(23)12-14)19-18-5-2-8-28(18)9-10-29(19)20(30)27-15-4-1-3-13(11-15)21(24,25)26/h1-8,11-12,19H,9-10H2,(H,27,30)/t19-/m1/s1. The van der Waals surface area contributed by atoms with Crippen molar-refractivity contribution in [1.82, 2.24) is 9.47 Å². The second kappa shape index (κ2) is 8.13. The summed E-state index contributed by atoms with van der Waals surface area (Å²) in [5, 5.41) is 4.29. The Balaban J connectivity index is 1.67. The van der Waals surface area contributed by atoms with Gasteiger partial charge in [-0.15, -0.1) is 0 Å². The fourth-order valence-electron chi connectivity index (χ4n) is 3.62. The highest BCUT2D eigenvalue weighted by Gasteiger charge is 2.33. The lowest BCUT2D eigenvalue weighted by atomic mass is 10.00. The summed E-state index contributed by atoms with van der Waals surface area (Å²) < 4.78 is 41.3. The molecule has 1 atom stereocenters. The van der Waals surface area contributed by atoms with Gasteiger partial charge in [-0.2, -0.15) is 13.2 Å². The van der Waals surface area contributed by atoms with Crippen molar-refractivity contribution in [2.45, 2.75) is 18.8 Å². The Bertz CT molecular complexity index is 1100. The molecular weight excluding hydrogens is 454 g/mol. The Hall–Kier alpha value is -2.22. The molecule has 0 saturated carbocycles. The molecule has 0 saturated heterocycles. The first-order valence-corrected chi connectivity index (χ1v) is 10.3. The fraction of sp³-hybridized carbons (Fsp3) is 0.190. The minimum Gasteiger partial charge on any atom is -0.348 e. The maximum Gasteiger partial charge on any atom is 0.416 e. The zero-order valence-electron chi connectivity index (χ0n) is 15.5. The molecule has 3 nitrogen and oxygen atoms in total. The highest BCUT2D eigenvalue weighted by atomic mass is 35.5. The smallest absolute Gasteiger partial charge is 0.348 e. The number of aromatic nitrogens is 1. The Kier molecular flexibility index (Phi) is 5.70. The zero-order valence-corrected chi connectivity index (χ0v) is 17.8. The molecule has 0 bridgehead atoms. The number of hydrogen-bond donors (Lipinski definition) is 1. The Morgan fingerprint density at radius 2 is 1.83 bits per heavy atom. The van der Waals surface area contributed by atoms with Crippen LogP contribution < -0.4 is 5.32 Å². The van der Waals surface area contributed by atoms with Gasteiger partial charge < -0.3 is 14.8 Å². The van der Waals surface area contributed by atoms with Crippen LogP contribution in [0.25, 0.3) is 0 Å². The molecule has 30 heavy (non-hydrogen) atoms. The van der Waals surface area contributed by atoms with E-state index in [2.05, 4.69) is 9.88 Å². The number of benzene rings is 2. The number of fused-ring (bicyclic) bond motifs is 1. The third-order valence-electron chi connectivity index (χ3n) is 5.00. The molecule has 1 aromatic heterocycles. The lowest BCUT2D eigenvalue weighted by Gasteiger charge is -2.39. The van der Waals surface area contributed by atoms with Crippen LogP contribution in [-0.4, -0.2) is 21.1 Å². The van der Waals surface area contributed by atoms with Crippen molar-refractivity contribution in [3.8, 4) is 0 Å². The minimum absolute atomic E-state index is 0.275. The van der Waals surface area contributed by atoms with Crippen LogP contribution in [0.15, 0.2) is 60.8 Å². The second-order valence-corrected chi connectivity index (χ2v) is 8.13. The van der Waals surface area contributed by atoms with Crippen LogP contribution in [0.2, 0.25) is 10.0 Å². The van der Waals surface area contributed by atoms with Gasteiger partial charge in [0.05, 0.1) is 11.6 Å². The summed E-state index contributed by atoms with van der Waals surface area (Å²) in [5.41, 5.74) is 1.34. The van der Waals surface area contributed by atoms with Gasteiger partial charge in [-0.1, -0.05) is 35.3 Å². The van der Waals surface area contributed by atoms with Crippen LogP contribution in [-0.2, 0) is 12.7 Å². The highest BCUT2D eigenvalue weighted by Crippen LogP contribution is 2.38. The van der Waals surface area contributed by atoms with E-state index in [9.17, 15) is 13.2 Å². The molecule has 0 unspecified atom stereocenters. The third kappa shape index (κ3) is 4.15. The van der Waals surface area contributed by atoms with Gasteiger partial charge >= 0.3 is 6.18 Å². The molecule has 0 spiro atoms. The topological polar surface area (TPSA) is 20.2 Å². The highest BCUT2D eigenvalue weighted by molar-refractivity contribution is 7.80. The van der Waals surface area contributed by atoms with Crippen molar-refractivity contribution in [3.63, 3.8) is 0 Å². The van der Waals surface area contributed by atoms with E-state index >= 15 is 0 Å². The van der Waals surface area contributed by atoms with Crippen LogP contribution in [0.4, 0.5) is 18.9 Å². The van der Waals surface area contributed by atoms with Crippen LogP contribution >= 0.6 is 35.4 Å². The number of rotatable bonds is 2.